The van der Waals surface area contributed by atoms with Crippen LogP contribution in [0.4, 0.5) is 0 Å². The molecule has 0 fully saturated rings. The van der Waals surface area contributed by atoms with Gasteiger partial charge in [0.15, 0.2) is 0 Å². The van der Waals surface area contributed by atoms with Crippen molar-refractivity contribution in [3.8, 4) is 11.4 Å². The lowest BCUT2D eigenvalue weighted by molar-refractivity contribution is 0.237. The zero-order valence-corrected chi connectivity index (χ0v) is 8.92. The predicted octanol–water partition coefficient (Wildman–Crippen LogP) is 1.04. The summed E-state index contributed by atoms with van der Waals surface area (Å²) in [5.41, 5.74) is 7.57. The lowest BCUT2D eigenvalue weighted by atomic mass is 10.1. The van der Waals surface area contributed by atoms with Crippen molar-refractivity contribution in [2.45, 2.75) is 13.0 Å². The summed E-state index contributed by atoms with van der Waals surface area (Å²) in [6, 6.07) is 7.15. The Morgan fingerprint density at radius 1 is 1.50 bits per heavy atom. The second kappa shape index (κ2) is 4.42. The van der Waals surface area contributed by atoms with Gasteiger partial charge in [0.1, 0.15) is 6.04 Å². The number of aryl methyl sites for hydroxylation is 1. The van der Waals surface area contributed by atoms with Gasteiger partial charge in [-0.2, -0.15) is 4.98 Å². The summed E-state index contributed by atoms with van der Waals surface area (Å²) in [6.45, 7) is 1.78. The molecular weight excluding hydrogens is 206 g/mol. The third-order valence-corrected chi connectivity index (χ3v) is 2.23. The number of hydrogen-bond acceptors (Lipinski definition) is 5. The van der Waals surface area contributed by atoms with Crippen LogP contribution in [0, 0.1) is 6.92 Å². The normalized spacial score (nSPS) is 12.7. The third kappa shape index (κ3) is 2.10. The summed E-state index contributed by atoms with van der Waals surface area (Å²) < 4.78 is 4.97. The molecule has 1 heterocycles. The summed E-state index contributed by atoms with van der Waals surface area (Å²) in [6.07, 6.45) is 0. The van der Waals surface area contributed by atoms with Crippen molar-refractivity contribution >= 4 is 0 Å². The van der Waals surface area contributed by atoms with Gasteiger partial charge in [0.25, 0.3) is 0 Å². The maximum absolute atomic E-state index is 8.86. The Hall–Kier alpha value is -1.72. The van der Waals surface area contributed by atoms with E-state index in [1.54, 1.807) is 0 Å². The summed E-state index contributed by atoms with van der Waals surface area (Å²) in [4.78, 5) is 4.13. The van der Waals surface area contributed by atoms with Gasteiger partial charge in [-0.1, -0.05) is 28.9 Å². The Balaban J connectivity index is 2.31. The molecule has 0 aliphatic rings. The molecule has 0 bridgehead atoms. The lowest BCUT2D eigenvalue weighted by Gasteiger charge is -1.98. The van der Waals surface area contributed by atoms with E-state index in [9.17, 15) is 0 Å². The van der Waals surface area contributed by atoms with Crippen LogP contribution in [0.5, 0.6) is 0 Å². The molecule has 5 heteroatoms. The summed E-state index contributed by atoms with van der Waals surface area (Å²) in [5.74, 6) is 0.738. The highest BCUT2D eigenvalue weighted by atomic mass is 16.5. The van der Waals surface area contributed by atoms with Gasteiger partial charge in [-0.25, -0.2) is 0 Å². The maximum Gasteiger partial charge on any atom is 0.246 e. The first kappa shape index (κ1) is 10.8. The van der Waals surface area contributed by atoms with Crippen LogP contribution in [-0.4, -0.2) is 21.9 Å². The highest BCUT2D eigenvalue weighted by Crippen LogP contribution is 2.18. The molecule has 1 aromatic carbocycles. The van der Waals surface area contributed by atoms with Crippen molar-refractivity contribution in [1.82, 2.24) is 10.1 Å². The fourth-order valence-corrected chi connectivity index (χ4v) is 1.37. The van der Waals surface area contributed by atoms with E-state index in [-0.39, 0.29) is 12.5 Å². The van der Waals surface area contributed by atoms with E-state index in [2.05, 4.69) is 10.1 Å². The minimum absolute atomic E-state index is 0.213. The van der Waals surface area contributed by atoms with Gasteiger partial charge < -0.3 is 15.4 Å². The second-order valence-electron chi connectivity index (χ2n) is 3.61. The Bertz CT molecular complexity index is 482. The predicted molar refractivity (Wildman–Crippen MR) is 58.5 cm³/mol. The molecule has 0 saturated carbocycles. The van der Waals surface area contributed by atoms with Crippen molar-refractivity contribution in [3.63, 3.8) is 0 Å². The smallest absolute Gasteiger partial charge is 0.246 e. The molecule has 1 atom stereocenters. The van der Waals surface area contributed by atoms with Crippen LogP contribution in [-0.2, 0) is 0 Å². The van der Waals surface area contributed by atoms with Crippen LogP contribution in [0.1, 0.15) is 17.5 Å². The summed E-state index contributed by atoms with van der Waals surface area (Å²) in [5, 5.41) is 12.7. The molecule has 0 radical (unpaired) electrons. The van der Waals surface area contributed by atoms with Crippen LogP contribution in [0.3, 0.4) is 0 Å². The highest BCUT2D eigenvalue weighted by Gasteiger charge is 2.14. The molecule has 3 N–H and O–H groups in total. The van der Waals surface area contributed by atoms with Crippen molar-refractivity contribution < 1.29 is 9.63 Å². The summed E-state index contributed by atoms with van der Waals surface area (Å²) >= 11 is 0. The highest BCUT2D eigenvalue weighted by molar-refractivity contribution is 5.55. The van der Waals surface area contributed by atoms with Crippen LogP contribution in [0.25, 0.3) is 11.4 Å². The Morgan fingerprint density at radius 2 is 2.31 bits per heavy atom. The van der Waals surface area contributed by atoms with Crippen molar-refractivity contribution in [3.05, 3.63) is 35.7 Å². The number of nitrogens with zero attached hydrogens (tertiary/aromatic N) is 2. The van der Waals surface area contributed by atoms with Gasteiger partial charge in [0.2, 0.25) is 11.7 Å². The van der Waals surface area contributed by atoms with E-state index >= 15 is 0 Å². The molecule has 2 rings (SSSR count). The number of aliphatic hydroxyl groups is 1. The first-order valence-electron chi connectivity index (χ1n) is 4.98. The van der Waals surface area contributed by atoms with Gasteiger partial charge in [0, 0.05) is 5.56 Å². The van der Waals surface area contributed by atoms with Gasteiger partial charge in [-0.05, 0) is 13.0 Å². The molecule has 0 saturated heterocycles. The monoisotopic (exact) mass is 219 g/mol. The van der Waals surface area contributed by atoms with Crippen molar-refractivity contribution in [2.24, 2.45) is 5.73 Å². The second-order valence-corrected chi connectivity index (χ2v) is 3.61. The van der Waals surface area contributed by atoms with E-state index in [1.807, 2.05) is 31.2 Å². The Kier molecular flexibility index (Phi) is 2.98. The van der Waals surface area contributed by atoms with Crippen LogP contribution in [0.2, 0.25) is 0 Å². The fraction of sp³-hybridized carbons (Fsp3) is 0.273. The molecule has 2 aromatic rings. The van der Waals surface area contributed by atoms with Gasteiger partial charge in [0.05, 0.1) is 6.61 Å². The van der Waals surface area contributed by atoms with E-state index in [1.165, 1.54) is 0 Å². The number of benzene rings is 1. The maximum atomic E-state index is 8.86. The van der Waals surface area contributed by atoms with Gasteiger partial charge in [-0.3, -0.25) is 0 Å². The number of hydrogen-bond donors (Lipinski definition) is 2. The molecule has 16 heavy (non-hydrogen) atoms. The molecule has 0 aliphatic carbocycles. The van der Waals surface area contributed by atoms with Crippen LogP contribution < -0.4 is 5.73 Å². The molecule has 0 spiro atoms. The SMILES string of the molecule is Cc1cccc(-c2noc([C@@H](N)CO)n2)c1. The van der Waals surface area contributed by atoms with Gasteiger partial charge in [-0.15, -0.1) is 0 Å². The Morgan fingerprint density at radius 3 is 3.00 bits per heavy atom. The molecular formula is C11H13N3O2. The number of aliphatic hydroxyl groups excluding tert-OH is 1. The van der Waals surface area contributed by atoms with E-state index in [0.29, 0.717) is 5.82 Å². The number of nitrogens with two attached hydrogens (primary N) is 1. The fourth-order valence-electron chi connectivity index (χ4n) is 1.37. The zero-order chi connectivity index (χ0) is 11.5. The largest absolute Gasteiger partial charge is 0.394 e. The average molecular weight is 219 g/mol. The van der Waals surface area contributed by atoms with Crippen molar-refractivity contribution in [2.75, 3.05) is 6.61 Å². The van der Waals surface area contributed by atoms with Crippen molar-refractivity contribution in [1.29, 1.82) is 0 Å². The molecule has 0 amide bonds. The third-order valence-electron chi connectivity index (χ3n) is 2.23. The first-order chi connectivity index (χ1) is 7.70. The summed E-state index contributed by atoms with van der Waals surface area (Å²) in [7, 11) is 0. The van der Waals surface area contributed by atoms with Gasteiger partial charge >= 0.3 is 0 Å². The van der Waals surface area contributed by atoms with Crippen LogP contribution in [0.15, 0.2) is 28.8 Å². The molecule has 84 valence electrons. The van der Waals surface area contributed by atoms with Crippen LogP contribution >= 0.6 is 0 Å². The van der Waals surface area contributed by atoms with E-state index < -0.39 is 6.04 Å². The standard InChI is InChI=1S/C11H13N3O2/c1-7-3-2-4-8(5-7)10-13-11(16-14-10)9(12)6-15/h2-5,9,15H,6,12H2,1H3/t9-/m0/s1. The molecule has 5 nitrogen and oxygen atoms in total. The first-order valence-corrected chi connectivity index (χ1v) is 4.98. The minimum Gasteiger partial charge on any atom is -0.394 e. The molecule has 1 aromatic heterocycles. The minimum atomic E-state index is -0.619. The number of rotatable bonds is 3. The Labute approximate surface area is 92.9 Å². The molecule has 0 aliphatic heterocycles. The van der Waals surface area contributed by atoms with E-state index in [0.717, 1.165) is 11.1 Å². The average Bonchev–Trinajstić information content (AvgIpc) is 2.77. The molecule has 0 unspecified atom stereocenters. The number of aromatic nitrogens is 2. The topological polar surface area (TPSA) is 85.2 Å². The zero-order valence-electron chi connectivity index (χ0n) is 8.92. The quantitative estimate of drug-likeness (QED) is 0.805. The van der Waals surface area contributed by atoms with E-state index in [4.69, 9.17) is 15.4 Å². The lowest BCUT2D eigenvalue weighted by Crippen LogP contribution is -2.14.